The molecule has 0 aliphatic heterocycles. The monoisotopic (exact) mass is 377 g/mol. The first-order valence-corrected chi connectivity index (χ1v) is 8.44. The number of carbonyl (C=O) groups excluding carboxylic acids is 1. The summed E-state index contributed by atoms with van der Waals surface area (Å²) in [6, 6.07) is 5.08. The third kappa shape index (κ3) is 4.06. The number of methoxy groups -OCH3 is 2. The molecule has 27 heavy (non-hydrogen) atoms. The summed E-state index contributed by atoms with van der Waals surface area (Å²) in [5.74, 6) is -0.655. The van der Waals surface area contributed by atoms with E-state index in [9.17, 15) is 14.7 Å². The van der Waals surface area contributed by atoms with Crippen LogP contribution in [0, 0.1) is 0 Å². The Bertz CT molecular complexity index is 851. The Kier molecular flexibility index (Phi) is 6.84. The molecular weight excluding hydrogens is 354 g/mol. The summed E-state index contributed by atoms with van der Waals surface area (Å²) in [7, 11) is 2.94. The van der Waals surface area contributed by atoms with Crippen molar-refractivity contribution in [3.63, 3.8) is 0 Å². The lowest BCUT2D eigenvalue weighted by atomic mass is 9.98. The van der Waals surface area contributed by atoms with Gasteiger partial charge in [-0.15, -0.1) is 0 Å². The van der Waals surface area contributed by atoms with Crippen LogP contribution in [0.2, 0.25) is 0 Å². The zero-order valence-corrected chi connectivity index (χ0v) is 15.8. The van der Waals surface area contributed by atoms with Crippen LogP contribution in [0.15, 0.2) is 23.0 Å². The van der Waals surface area contributed by atoms with Crippen LogP contribution in [0.25, 0.3) is 11.1 Å². The maximum absolute atomic E-state index is 12.4. The molecule has 0 atom stereocenters. The summed E-state index contributed by atoms with van der Waals surface area (Å²) in [5.41, 5.74) is -0.398. The number of pyridine rings is 1. The van der Waals surface area contributed by atoms with Crippen LogP contribution in [-0.2, 0) is 16.1 Å². The molecule has 8 heteroatoms. The van der Waals surface area contributed by atoms with Crippen LogP contribution in [-0.4, -0.2) is 43.5 Å². The largest absolute Gasteiger partial charge is 0.506 e. The van der Waals surface area contributed by atoms with E-state index in [1.165, 1.54) is 14.2 Å². The van der Waals surface area contributed by atoms with Gasteiger partial charge in [-0.25, -0.2) is 4.79 Å². The number of hydrogen-bond donors (Lipinski definition) is 2. The molecule has 0 aliphatic rings. The average molecular weight is 377 g/mol. The first-order valence-electron chi connectivity index (χ1n) is 8.44. The zero-order chi connectivity index (χ0) is 20.0. The number of aromatic amines is 1. The van der Waals surface area contributed by atoms with Crippen molar-refractivity contribution in [3.05, 3.63) is 39.8 Å². The number of H-pyrrole nitrogens is 1. The second-order valence-electron chi connectivity index (χ2n) is 5.43. The fraction of sp³-hybridized carbons (Fsp3) is 0.368. The summed E-state index contributed by atoms with van der Waals surface area (Å²) in [5, 5.41) is 10.9. The molecule has 0 fully saturated rings. The van der Waals surface area contributed by atoms with Crippen molar-refractivity contribution in [3.8, 4) is 28.4 Å². The molecule has 0 unspecified atom stereocenters. The molecule has 0 saturated carbocycles. The molecule has 2 rings (SSSR count). The smallest absolute Gasteiger partial charge is 0.347 e. The molecule has 0 radical (unpaired) electrons. The normalized spacial score (nSPS) is 10.5. The van der Waals surface area contributed by atoms with Crippen molar-refractivity contribution >= 4 is 5.97 Å². The van der Waals surface area contributed by atoms with Crippen LogP contribution in [0.4, 0.5) is 0 Å². The predicted molar refractivity (Wildman–Crippen MR) is 98.6 cm³/mol. The Morgan fingerprint density at radius 2 is 1.70 bits per heavy atom. The van der Waals surface area contributed by atoms with Gasteiger partial charge in [-0.1, -0.05) is 6.07 Å². The van der Waals surface area contributed by atoms with Gasteiger partial charge in [-0.2, -0.15) is 0 Å². The average Bonchev–Trinajstić information content (AvgIpc) is 2.66. The number of hydrogen-bond acceptors (Lipinski definition) is 7. The van der Waals surface area contributed by atoms with Crippen molar-refractivity contribution in [1.29, 1.82) is 0 Å². The highest BCUT2D eigenvalue weighted by atomic mass is 16.5. The van der Waals surface area contributed by atoms with Gasteiger partial charge >= 0.3 is 5.97 Å². The summed E-state index contributed by atoms with van der Waals surface area (Å²) < 4.78 is 21.1. The van der Waals surface area contributed by atoms with Gasteiger partial charge in [0.05, 0.1) is 44.3 Å². The van der Waals surface area contributed by atoms with E-state index in [2.05, 4.69) is 4.98 Å². The number of ether oxygens (including phenoxy) is 4. The molecule has 0 aliphatic carbocycles. The van der Waals surface area contributed by atoms with Crippen molar-refractivity contribution in [1.82, 2.24) is 4.98 Å². The van der Waals surface area contributed by atoms with E-state index in [0.717, 1.165) is 0 Å². The maximum atomic E-state index is 12.4. The first-order chi connectivity index (χ1) is 13.0. The summed E-state index contributed by atoms with van der Waals surface area (Å²) in [6.45, 7) is 3.88. The van der Waals surface area contributed by atoms with Gasteiger partial charge in [0.25, 0.3) is 5.56 Å². The standard InChI is InChI=1S/C19H23NO7/c1-5-26-10-11-14(15-12(24-3)8-7-9-13(15)25-4)17(21)16(18(22)20-11)19(23)27-6-2/h7-9H,5-6,10H2,1-4H3,(H2,20,21,22). The fourth-order valence-electron chi connectivity index (χ4n) is 2.71. The number of carbonyl (C=O) groups is 1. The zero-order valence-electron chi connectivity index (χ0n) is 15.8. The molecule has 2 N–H and O–H groups in total. The number of benzene rings is 1. The first kappa shape index (κ1) is 20.3. The Labute approximate surface area is 156 Å². The van der Waals surface area contributed by atoms with Crippen molar-refractivity contribution in [2.24, 2.45) is 0 Å². The topological polar surface area (TPSA) is 107 Å². The lowest BCUT2D eigenvalue weighted by Gasteiger charge is -2.18. The molecule has 0 bridgehead atoms. The van der Waals surface area contributed by atoms with Gasteiger partial charge in [0.15, 0.2) is 5.56 Å². The highest BCUT2D eigenvalue weighted by molar-refractivity contribution is 5.96. The molecule has 1 aromatic carbocycles. The van der Waals surface area contributed by atoms with Gasteiger partial charge in [-0.05, 0) is 26.0 Å². The lowest BCUT2D eigenvalue weighted by molar-refractivity contribution is 0.0520. The molecule has 8 nitrogen and oxygen atoms in total. The Hall–Kier alpha value is -3.00. The van der Waals surface area contributed by atoms with E-state index in [-0.39, 0.29) is 24.5 Å². The number of rotatable bonds is 8. The number of nitrogens with one attached hydrogen (secondary N) is 1. The van der Waals surface area contributed by atoms with Crippen LogP contribution < -0.4 is 15.0 Å². The van der Waals surface area contributed by atoms with E-state index >= 15 is 0 Å². The molecule has 146 valence electrons. The van der Waals surface area contributed by atoms with Crippen molar-refractivity contribution < 1.29 is 28.8 Å². The van der Waals surface area contributed by atoms with Crippen molar-refractivity contribution in [2.45, 2.75) is 20.5 Å². The highest BCUT2D eigenvalue weighted by Gasteiger charge is 2.28. The van der Waals surface area contributed by atoms with Gasteiger partial charge in [0, 0.05) is 6.61 Å². The quantitative estimate of drug-likeness (QED) is 0.681. The van der Waals surface area contributed by atoms with Crippen LogP contribution >= 0.6 is 0 Å². The van der Waals surface area contributed by atoms with E-state index in [4.69, 9.17) is 18.9 Å². The maximum Gasteiger partial charge on any atom is 0.347 e. The van der Waals surface area contributed by atoms with Gasteiger partial charge < -0.3 is 29.0 Å². The van der Waals surface area contributed by atoms with E-state index in [0.29, 0.717) is 23.7 Å². The molecule has 2 aromatic rings. The van der Waals surface area contributed by atoms with Crippen LogP contribution in [0.3, 0.4) is 0 Å². The fourth-order valence-corrected chi connectivity index (χ4v) is 2.71. The second-order valence-corrected chi connectivity index (χ2v) is 5.43. The summed E-state index contributed by atoms with van der Waals surface area (Å²) in [6.07, 6.45) is 0. The number of aromatic nitrogens is 1. The third-order valence-electron chi connectivity index (χ3n) is 3.87. The highest BCUT2D eigenvalue weighted by Crippen LogP contribution is 2.44. The number of esters is 1. The van der Waals surface area contributed by atoms with E-state index in [1.54, 1.807) is 32.0 Å². The minimum atomic E-state index is -0.922. The lowest BCUT2D eigenvalue weighted by Crippen LogP contribution is -2.22. The summed E-state index contributed by atoms with van der Waals surface area (Å²) >= 11 is 0. The SMILES string of the molecule is CCOCc1[nH]c(=O)c(C(=O)OCC)c(O)c1-c1c(OC)cccc1OC. The van der Waals surface area contributed by atoms with Gasteiger partial charge in [-0.3, -0.25) is 4.79 Å². The van der Waals surface area contributed by atoms with Crippen molar-refractivity contribution in [2.75, 3.05) is 27.4 Å². The summed E-state index contributed by atoms with van der Waals surface area (Å²) in [4.78, 5) is 27.2. The molecule has 0 saturated heterocycles. The Morgan fingerprint density at radius 3 is 2.22 bits per heavy atom. The van der Waals surface area contributed by atoms with Gasteiger partial charge in [0.2, 0.25) is 0 Å². The number of aromatic hydroxyl groups is 1. The molecule has 1 aromatic heterocycles. The Morgan fingerprint density at radius 1 is 1.07 bits per heavy atom. The van der Waals surface area contributed by atoms with Gasteiger partial charge in [0.1, 0.15) is 17.2 Å². The third-order valence-corrected chi connectivity index (χ3v) is 3.87. The molecular formula is C19H23NO7. The van der Waals surface area contributed by atoms with E-state index in [1.807, 2.05) is 0 Å². The molecule has 0 amide bonds. The Balaban J connectivity index is 2.86. The van der Waals surface area contributed by atoms with E-state index < -0.39 is 22.8 Å². The molecule has 1 heterocycles. The van der Waals surface area contributed by atoms with Crippen LogP contribution in [0.5, 0.6) is 17.2 Å². The van der Waals surface area contributed by atoms with Crippen LogP contribution in [0.1, 0.15) is 29.9 Å². The second kappa shape index (κ2) is 9.09. The predicted octanol–water partition coefficient (Wildman–Crippen LogP) is 2.48. The molecule has 0 spiro atoms. The minimum Gasteiger partial charge on any atom is -0.506 e. The minimum absolute atomic E-state index is 0.0128.